The van der Waals surface area contributed by atoms with Crippen LogP contribution in [0.5, 0.6) is 5.75 Å². The van der Waals surface area contributed by atoms with E-state index in [4.69, 9.17) is 11.2 Å². The number of benzene rings is 3. The Morgan fingerprint density at radius 3 is 2.51 bits per heavy atom. The zero-order valence-corrected chi connectivity index (χ0v) is 23.4. The molecule has 3 aliphatic heterocycles. The van der Waals surface area contributed by atoms with Crippen molar-refractivity contribution < 1.29 is 27.9 Å². The van der Waals surface area contributed by atoms with Crippen molar-refractivity contribution in [2.45, 2.75) is 38.6 Å². The minimum atomic E-state index is -0.711. The summed E-state index contributed by atoms with van der Waals surface area (Å²) >= 11 is 0. The fourth-order valence-electron chi connectivity index (χ4n) is 5.90. The molecule has 0 unspecified atom stereocenters. The third-order valence-electron chi connectivity index (χ3n) is 8.27. The highest BCUT2D eigenvalue weighted by Crippen LogP contribution is 2.34. The van der Waals surface area contributed by atoms with Gasteiger partial charge in [0, 0.05) is 61.4 Å². The molecule has 10 heteroatoms. The Balaban J connectivity index is 1.05. The van der Waals surface area contributed by atoms with Crippen LogP contribution in [-0.2, 0) is 29.3 Å². The van der Waals surface area contributed by atoms with Gasteiger partial charge in [0.15, 0.2) is 0 Å². The number of hydrogen-bond acceptors (Lipinski definition) is 6. The second kappa shape index (κ2) is 11.9. The first-order chi connectivity index (χ1) is 20.8. The summed E-state index contributed by atoms with van der Waals surface area (Å²) in [5.74, 6) is 1.17. The van der Waals surface area contributed by atoms with Gasteiger partial charge in [-0.3, -0.25) is 24.6 Å². The highest BCUT2D eigenvalue weighted by Gasteiger charge is 2.40. The number of anilines is 1. The molecule has 43 heavy (non-hydrogen) atoms. The van der Waals surface area contributed by atoms with Crippen LogP contribution in [0.2, 0.25) is 0 Å². The van der Waals surface area contributed by atoms with Crippen LogP contribution in [0.1, 0.15) is 45.5 Å². The Labute approximate surface area is 248 Å². The molecule has 8 nitrogen and oxygen atoms in total. The average Bonchev–Trinajstić information content (AvgIpc) is 3.34. The zero-order chi connectivity index (χ0) is 30.1. The lowest BCUT2D eigenvalue weighted by Gasteiger charge is -2.36. The number of terminal acetylenes is 1. The first-order valence-electron chi connectivity index (χ1n) is 14.2. The lowest BCUT2D eigenvalue weighted by Crippen LogP contribution is -2.52. The molecule has 0 aromatic heterocycles. The number of hydrogen-bond donors (Lipinski definition) is 1. The number of fused-ring (bicyclic) bond motifs is 1. The van der Waals surface area contributed by atoms with E-state index >= 15 is 4.39 Å². The Hall–Kier alpha value is -4.75. The number of carbonyl (C=O) groups is 3. The number of rotatable bonds is 7. The highest BCUT2D eigenvalue weighted by molar-refractivity contribution is 6.05. The van der Waals surface area contributed by atoms with E-state index in [1.165, 1.54) is 17.0 Å². The molecule has 1 atom stereocenters. The largest absolute Gasteiger partial charge is 0.489 e. The first-order valence-corrected chi connectivity index (χ1v) is 14.2. The smallest absolute Gasteiger partial charge is 0.255 e. The van der Waals surface area contributed by atoms with Crippen LogP contribution in [0.25, 0.3) is 0 Å². The fraction of sp³-hybridized carbons (Fsp3) is 0.303. The number of carbonyl (C=O) groups excluding carboxylic acids is 3. The molecule has 6 rings (SSSR count). The van der Waals surface area contributed by atoms with Crippen LogP contribution in [-0.4, -0.2) is 59.7 Å². The molecule has 3 heterocycles. The Kier molecular flexibility index (Phi) is 7.82. The molecule has 0 radical (unpaired) electrons. The van der Waals surface area contributed by atoms with E-state index < -0.39 is 11.9 Å². The molecule has 0 spiro atoms. The predicted molar refractivity (Wildman–Crippen MR) is 155 cm³/mol. The number of halogens is 2. The third-order valence-corrected chi connectivity index (χ3v) is 8.27. The summed E-state index contributed by atoms with van der Waals surface area (Å²) in [6, 6.07) is 14.3. The summed E-state index contributed by atoms with van der Waals surface area (Å²) in [7, 11) is 0. The van der Waals surface area contributed by atoms with E-state index in [1.807, 2.05) is 11.0 Å². The SMILES string of the molecule is C#Cc1ccc(N2CCN(Cc3ccc(COc4cccc5c4CN([C@@H]4CCC(=O)NC4=O)C5=O)cc3F)CC2)c(F)c1. The molecule has 1 N–H and O–H groups in total. The summed E-state index contributed by atoms with van der Waals surface area (Å²) < 4.78 is 35.6. The minimum absolute atomic E-state index is 0.100. The van der Waals surface area contributed by atoms with Crippen molar-refractivity contribution in [2.75, 3.05) is 31.1 Å². The van der Waals surface area contributed by atoms with Gasteiger partial charge in [-0.25, -0.2) is 8.78 Å². The van der Waals surface area contributed by atoms with Crippen LogP contribution >= 0.6 is 0 Å². The van der Waals surface area contributed by atoms with Crippen LogP contribution in [0, 0.1) is 24.0 Å². The number of imide groups is 1. The number of piperidine rings is 1. The predicted octanol–water partition coefficient (Wildman–Crippen LogP) is 3.61. The average molecular weight is 585 g/mol. The number of nitrogens with zero attached hydrogens (tertiary/aromatic N) is 3. The van der Waals surface area contributed by atoms with Crippen molar-refractivity contribution >= 4 is 23.4 Å². The second-order valence-corrected chi connectivity index (χ2v) is 11.0. The molecule has 3 aliphatic rings. The summed E-state index contributed by atoms with van der Waals surface area (Å²) in [4.78, 5) is 42.5. The van der Waals surface area contributed by atoms with E-state index in [1.54, 1.807) is 36.4 Å². The third kappa shape index (κ3) is 5.81. The standard InChI is InChI=1S/C33H30F2N4O4/c1-2-21-7-9-28(27(35)16-21)38-14-12-37(13-15-38)18-23-8-6-22(17-26(23)34)20-43-30-5-3-4-24-25(30)19-39(33(24)42)29-10-11-31(40)36-32(29)41/h1,3-9,16-17,29H,10-15,18-20H2,(H,36,40,41)/t29-/m1/s1. The highest BCUT2D eigenvalue weighted by atomic mass is 19.1. The van der Waals surface area contributed by atoms with Gasteiger partial charge in [-0.05, 0) is 48.4 Å². The summed E-state index contributed by atoms with van der Waals surface area (Å²) in [5, 5.41) is 2.30. The van der Waals surface area contributed by atoms with E-state index in [0.29, 0.717) is 72.0 Å². The van der Waals surface area contributed by atoms with Gasteiger partial charge in [0.25, 0.3) is 5.91 Å². The number of ether oxygens (including phenoxy) is 1. The van der Waals surface area contributed by atoms with Gasteiger partial charge in [0.2, 0.25) is 11.8 Å². The van der Waals surface area contributed by atoms with Crippen molar-refractivity contribution in [3.8, 4) is 18.1 Å². The molecule has 3 aromatic carbocycles. The minimum Gasteiger partial charge on any atom is -0.489 e. The molecule has 220 valence electrons. The van der Waals surface area contributed by atoms with Crippen molar-refractivity contribution in [1.82, 2.24) is 15.1 Å². The fourth-order valence-corrected chi connectivity index (χ4v) is 5.90. The summed E-state index contributed by atoms with van der Waals surface area (Å²) in [6.45, 7) is 3.28. The Bertz CT molecular complexity index is 1640. The van der Waals surface area contributed by atoms with Crippen molar-refractivity contribution in [3.05, 3.63) is 94.0 Å². The number of amides is 3. The quantitative estimate of drug-likeness (QED) is 0.338. The zero-order valence-electron chi connectivity index (χ0n) is 23.4. The van der Waals surface area contributed by atoms with Crippen LogP contribution in [0.3, 0.4) is 0 Å². The lowest BCUT2D eigenvalue weighted by molar-refractivity contribution is -0.136. The van der Waals surface area contributed by atoms with Crippen molar-refractivity contribution in [3.63, 3.8) is 0 Å². The molecule has 2 fully saturated rings. The van der Waals surface area contributed by atoms with E-state index in [0.717, 1.165) is 0 Å². The maximum atomic E-state index is 15.1. The molecule has 3 amide bonds. The maximum Gasteiger partial charge on any atom is 0.255 e. The van der Waals surface area contributed by atoms with Crippen LogP contribution < -0.4 is 15.0 Å². The van der Waals surface area contributed by atoms with E-state index in [-0.39, 0.29) is 49.4 Å². The maximum absolute atomic E-state index is 15.1. The van der Waals surface area contributed by atoms with E-state index in [2.05, 4.69) is 16.1 Å². The van der Waals surface area contributed by atoms with Gasteiger partial charge in [-0.1, -0.05) is 24.1 Å². The van der Waals surface area contributed by atoms with Gasteiger partial charge in [-0.2, -0.15) is 0 Å². The summed E-state index contributed by atoms with van der Waals surface area (Å²) in [6.07, 6.45) is 5.82. The van der Waals surface area contributed by atoms with Gasteiger partial charge in [0.1, 0.15) is 30.0 Å². The number of piperazine rings is 1. The molecule has 0 aliphatic carbocycles. The monoisotopic (exact) mass is 584 g/mol. The molecule has 0 saturated carbocycles. The normalized spacial score (nSPS) is 18.8. The number of nitrogens with one attached hydrogen (secondary N) is 1. The molecular weight excluding hydrogens is 554 g/mol. The van der Waals surface area contributed by atoms with Gasteiger partial charge in [0.05, 0.1) is 12.2 Å². The van der Waals surface area contributed by atoms with E-state index in [9.17, 15) is 18.8 Å². The Morgan fingerprint density at radius 2 is 1.79 bits per heavy atom. The Morgan fingerprint density at radius 1 is 0.977 bits per heavy atom. The van der Waals surface area contributed by atoms with Crippen molar-refractivity contribution in [1.29, 1.82) is 0 Å². The van der Waals surface area contributed by atoms with Gasteiger partial charge < -0.3 is 14.5 Å². The molecule has 2 saturated heterocycles. The van der Waals surface area contributed by atoms with Crippen LogP contribution in [0.4, 0.5) is 14.5 Å². The topological polar surface area (TPSA) is 82.2 Å². The molecule has 3 aromatic rings. The van der Waals surface area contributed by atoms with Gasteiger partial charge >= 0.3 is 0 Å². The molecule has 0 bridgehead atoms. The lowest BCUT2D eigenvalue weighted by atomic mass is 10.0. The molecular formula is C33H30F2N4O4. The second-order valence-electron chi connectivity index (χ2n) is 11.0. The van der Waals surface area contributed by atoms with Crippen molar-refractivity contribution in [2.24, 2.45) is 0 Å². The van der Waals surface area contributed by atoms with Crippen LogP contribution in [0.15, 0.2) is 54.6 Å². The van der Waals surface area contributed by atoms with Gasteiger partial charge in [-0.15, -0.1) is 6.42 Å². The summed E-state index contributed by atoms with van der Waals surface area (Å²) in [5.41, 5.74) is 3.35. The first kappa shape index (κ1) is 28.4.